The van der Waals surface area contributed by atoms with E-state index < -0.39 is 0 Å². The third kappa shape index (κ3) is 5.22. The normalized spacial score (nSPS) is 20.0. The van der Waals surface area contributed by atoms with Gasteiger partial charge in [-0.3, -0.25) is 4.79 Å². The van der Waals surface area contributed by atoms with Gasteiger partial charge in [-0.15, -0.1) is 0 Å². The predicted molar refractivity (Wildman–Crippen MR) is 106 cm³/mol. The van der Waals surface area contributed by atoms with Crippen molar-refractivity contribution in [2.45, 2.75) is 32.1 Å². The van der Waals surface area contributed by atoms with E-state index in [0.29, 0.717) is 26.2 Å². The third-order valence-electron chi connectivity index (χ3n) is 5.64. The first kappa shape index (κ1) is 19.7. The molecule has 1 unspecified atom stereocenters. The van der Waals surface area contributed by atoms with Crippen LogP contribution in [-0.4, -0.2) is 72.5 Å². The standard InChI is InChI=1S/C21H32N4O2/c22-11-16-23(15-10-18-7-2-1-3-8-18)20(26)19-9-6-14-25(17-19)21(27)24-12-4-5-13-24/h1-3,7-8,19H,4-6,9-17,22H2. The Labute approximate surface area is 162 Å². The number of rotatable bonds is 6. The van der Waals surface area contributed by atoms with E-state index in [1.807, 2.05) is 32.9 Å². The summed E-state index contributed by atoms with van der Waals surface area (Å²) in [5.74, 6) is 0.0444. The molecule has 0 bridgehead atoms. The molecule has 1 atom stereocenters. The maximum absolute atomic E-state index is 13.1. The molecule has 3 amide bonds. The smallest absolute Gasteiger partial charge is 0.320 e. The van der Waals surface area contributed by atoms with Crippen LogP contribution in [-0.2, 0) is 11.2 Å². The van der Waals surface area contributed by atoms with Gasteiger partial charge in [-0.05, 0) is 37.7 Å². The Morgan fingerprint density at radius 3 is 2.41 bits per heavy atom. The molecule has 6 heteroatoms. The monoisotopic (exact) mass is 372 g/mol. The van der Waals surface area contributed by atoms with Crippen molar-refractivity contribution < 1.29 is 9.59 Å². The van der Waals surface area contributed by atoms with Gasteiger partial charge >= 0.3 is 6.03 Å². The molecule has 27 heavy (non-hydrogen) atoms. The van der Waals surface area contributed by atoms with Gasteiger partial charge < -0.3 is 20.4 Å². The fraction of sp³-hybridized carbons (Fsp3) is 0.619. The average Bonchev–Trinajstić information content (AvgIpc) is 3.26. The maximum Gasteiger partial charge on any atom is 0.320 e. The van der Waals surface area contributed by atoms with Crippen molar-refractivity contribution in [1.29, 1.82) is 0 Å². The number of benzene rings is 1. The minimum atomic E-state index is -0.104. The summed E-state index contributed by atoms with van der Waals surface area (Å²) in [5.41, 5.74) is 6.98. The molecule has 6 nitrogen and oxygen atoms in total. The van der Waals surface area contributed by atoms with Crippen molar-refractivity contribution in [3.05, 3.63) is 35.9 Å². The minimum Gasteiger partial charge on any atom is -0.341 e. The first-order valence-electron chi connectivity index (χ1n) is 10.3. The molecule has 1 aromatic rings. The summed E-state index contributed by atoms with van der Waals surface area (Å²) in [6.07, 6.45) is 4.76. The predicted octanol–water partition coefficient (Wildman–Crippen LogP) is 1.94. The molecular weight excluding hydrogens is 340 g/mol. The van der Waals surface area contributed by atoms with Crippen molar-refractivity contribution in [2.24, 2.45) is 11.7 Å². The van der Waals surface area contributed by atoms with E-state index in [0.717, 1.165) is 51.7 Å². The van der Waals surface area contributed by atoms with E-state index in [4.69, 9.17) is 5.73 Å². The zero-order valence-electron chi connectivity index (χ0n) is 16.2. The molecule has 1 aromatic carbocycles. The van der Waals surface area contributed by atoms with Crippen molar-refractivity contribution in [3.8, 4) is 0 Å². The highest BCUT2D eigenvalue weighted by Gasteiger charge is 2.33. The van der Waals surface area contributed by atoms with Crippen LogP contribution < -0.4 is 5.73 Å². The highest BCUT2D eigenvalue weighted by Crippen LogP contribution is 2.21. The molecule has 2 aliphatic heterocycles. The molecule has 0 aliphatic carbocycles. The minimum absolute atomic E-state index is 0.104. The van der Waals surface area contributed by atoms with Gasteiger partial charge in [0.15, 0.2) is 0 Å². The van der Waals surface area contributed by atoms with E-state index in [-0.39, 0.29) is 17.9 Å². The number of urea groups is 1. The average molecular weight is 373 g/mol. The molecule has 2 saturated heterocycles. The lowest BCUT2D eigenvalue weighted by molar-refractivity contribution is -0.136. The Kier molecular flexibility index (Phi) is 7.10. The SMILES string of the molecule is NCCN(CCc1ccccc1)C(=O)C1CCCN(C(=O)N2CCCC2)C1. The summed E-state index contributed by atoms with van der Waals surface area (Å²) in [5, 5.41) is 0. The van der Waals surface area contributed by atoms with Crippen LogP contribution in [0.5, 0.6) is 0 Å². The molecule has 2 aliphatic rings. The number of hydrogen-bond acceptors (Lipinski definition) is 3. The van der Waals surface area contributed by atoms with Gasteiger partial charge in [-0.1, -0.05) is 30.3 Å². The van der Waals surface area contributed by atoms with Crippen molar-refractivity contribution in [3.63, 3.8) is 0 Å². The second-order valence-corrected chi connectivity index (χ2v) is 7.61. The quantitative estimate of drug-likeness (QED) is 0.830. The summed E-state index contributed by atoms with van der Waals surface area (Å²) in [7, 11) is 0. The van der Waals surface area contributed by atoms with Crippen LogP contribution in [0.4, 0.5) is 4.79 Å². The van der Waals surface area contributed by atoms with Crippen LogP contribution in [0.25, 0.3) is 0 Å². The number of carbonyl (C=O) groups is 2. The lowest BCUT2D eigenvalue weighted by Gasteiger charge is -2.36. The van der Waals surface area contributed by atoms with Crippen LogP contribution in [0.15, 0.2) is 30.3 Å². The van der Waals surface area contributed by atoms with Gasteiger partial charge in [0, 0.05) is 45.8 Å². The Morgan fingerprint density at radius 1 is 1.00 bits per heavy atom. The maximum atomic E-state index is 13.1. The zero-order valence-corrected chi connectivity index (χ0v) is 16.2. The Hall–Kier alpha value is -2.08. The number of hydrogen-bond donors (Lipinski definition) is 1. The zero-order chi connectivity index (χ0) is 19.1. The number of likely N-dealkylation sites (tertiary alicyclic amines) is 2. The molecule has 0 radical (unpaired) electrons. The summed E-state index contributed by atoms with van der Waals surface area (Å²) < 4.78 is 0. The van der Waals surface area contributed by atoms with Crippen LogP contribution in [0.3, 0.4) is 0 Å². The van der Waals surface area contributed by atoms with Gasteiger partial charge in [0.25, 0.3) is 0 Å². The Morgan fingerprint density at radius 2 is 1.70 bits per heavy atom. The van der Waals surface area contributed by atoms with Gasteiger partial charge in [-0.25, -0.2) is 4.79 Å². The number of carbonyl (C=O) groups excluding carboxylic acids is 2. The van der Waals surface area contributed by atoms with E-state index >= 15 is 0 Å². The number of nitrogens with zero attached hydrogens (tertiary/aromatic N) is 3. The summed E-state index contributed by atoms with van der Waals surface area (Å²) in [4.78, 5) is 31.5. The van der Waals surface area contributed by atoms with Gasteiger partial charge in [0.05, 0.1) is 5.92 Å². The van der Waals surface area contributed by atoms with Gasteiger partial charge in [-0.2, -0.15) is 0 Å². The lowest BCUT2D eigenvalue weighted by Crippen LogP contribution is -2.51. The molecular formula is C21H32N4O2. The van der Waals surface area contributed by atoms with Crippen LogP contribution in [0.1, 0.15) is 31.2 Å². The fourth-order valence-electron chi connectivity index (χ4n) is 4.12. The molecule has 0 saturated carbocycles. The molecule has 148 valence electrons. The molecule has 3 rings (SSSR count). The molecule has 2 heterocycles. The second-order valence-electron chi connectivity index (χ2n) is 7.61. The topological polar surface area (TPSA) is 69.9 Å². The van der Waals surface area contributed by atoms with E-state index in [2.05, 4.69) is 12.1 Å². The lowest BCUT2D eigenvalue weighted by atomic mass is 9.96. The molecule has 0 aromatic heterocycles. The van der Waals surface area contributed by atoms with Crippen molar-refractivity contribution in [2.75, 3.05) is 45.8 Å². The summed E-state index contributed by atoms with van der Waals surface area (Å²) in [6.45, 7) is 4.72. The van der Waals surface area contributed by atoms with Crippen molar-refractivity contribution in [1.82, 2.24) is 14.7 Å². The summed E-state index contributed by atoms with van der Waals surface area (Å²) >= 11 is 0. The second kappa shape index (κ2) is 9.74. The van der Waals surface area contributed by atoms with Crippen molar-refractivity contribution >= 4 is 11.9 Å². The van der Waals surface area contributed by atoms with Crippen LogP contribution >= 0.6 is 0 Å². The highest BCUT2D eigenvalue weighted by atomic mass is 16.2. The number of nitrogens with two attached hydrogens (primary N) is 1. The largest absolute Gasteiger partial charge is 0.341 e. The molecule has 0 spiro atoms. The summed E-state index contributed by atoms with van der Waals surface area (Å²) in [6, 6.07) is 10.3. The molecule has 2 fully saturated rings. The van der Waals surface area contributed by atoms with E-state index in [9.17, 15) is 9.59 Å². The van der Waals surface area contributed by atoms with Gasteiger partial charge in [0.2, 0.25) is 5.91 Å². The third-order valence-corrected chi connectivity index (χ3v) is 5.64. The van der Waals surface area contributed by atoms with E-state index in [1.54, 1.807) is 0 Å². The first-order chi connectivity index (χ1) is 13.2. The highest BCUT2D eigenvalue weighted by molar-refractivity contribution is 5.81. The van der Waals surface area contributed by atoms with Crippen LogP contribution in [0.2, 0.25) is 0 Å². The van der Waals surface area contributed by atoms with Crippen LogP contribution in [0, 0.1) is 5.92 Å². The number of amides is 3. The first-order valence-corrected chi connectivity index (χ1v) is 10.3. The fourth-order valence-corrected chi connectivity index (χ4v) is 4.12. The Balaban J connectivity index is 1.58. The van der Waals surface area contributed by atoms with E-state index in [1.165, 1.54) is 5.56 Å². The van der Waals surface area contributed by atoms with Gasteiger partial charge in [0.1, 0.15) is 0 Å². The Bertz CT molecular complexity index is 616. The number of piperidine rings is 1. The molecule has 2 N–H and O–H groups in total.